The summed E-state index contributed by atoms with van der Waals surface area (Å²) in [4.78, 5) is 11.1. The first-order valence-corrected chi connectivity index (χ1v) is 7.99. The van der Waals surface area contributed by atoms with E-state index in [9.17, 15) is 10.1 Å². The predicted octanol–water partition coefficient (Wildman–Crippen LogP) is 5.07. The molecule has 0 amide bonds. The molecule has 3 atom stereocenters. The minimum absolute atomic E-state index is 0.0160. The van der Waals surface area contributed by atoms with Crippen molar-refractivity contribution in [2.45, 2.75) is 18.4 Å². The lowest BCUT2D eigenvalue weighted by molar-refractivity contribution is -0.384. The van der Waals surface area contributed by atoms with Crippen molar-refractivity contribution in [1.82, 2.24) is 0 Å². The van der Waals surface area contributed by atoms with Crippen molar-refractivity contribution in [3.63, 3.8) is 0 Å². The van der Waals surface area contributed by atoms with Gasteiger partial charge < -0.3 is 5.32 Å². The number of hydrogen-bond acceptors (Lipinski definition) is 3. The molecule has 2 aromatic carbocycles. The Labute approximate surface area is 138 Å². The third-order valence-corrected chi connectivity index (χ3v) is 5.01. The lowest BCUT2D eigenvalue weighted by atomic mass is 9.77. The molecule has 0 saturated carbocycles. The third kappa shape index (κ3) is 2.30. The van der Waals surface area contributed by atoms with Crippen molar-refractivity contribution >= 4 is 23.0 Å². The largest absolute Gasteiger partial charge is 0.372 e. The molecule has 4 rings (SSSR count). The van der Waals surface area contributed by atoms with Crippen molar-refractivity contribution in [2.24, 2.45) is 5.92 Å². The van der Waals surface area contributed by atoms with Crippen LogP contribution in [0.5, 0.6) is 0 Å². The van der Waals surface area contributed by atoms with Crippen molar-refractivity contribution in [3.05, 3.63) is 80.9 Å². The van der Waals surface area contributed by atoms with E-state index in [0.29, 0.717) is 16.6 Å². The van der Waals surface area contributed by atoms with Gasteiger partial charge >= 0.3 is 0 Å². The molecule has 0 spiro atoms. The number of para-hydroxylation sites is 1. The predicted molar refractivity (Wildman–Crippen MR) is 90.9 cm³/mol. The van der Waals surface area contributed by atoms with Gasteiger partial charge in [0.1, 0.15) is 5.69 Å². The van der Waals surface area contributed by atoms with Crippen molar-refractivity contribution < 1.29 is 4.92 Å². The van der Waals surface area contributed by atoms with Crippen molar-refractivity contribution in [3.8, 4) is 0 Å². The number of halogens is 1. The summed E-state index contributed by atoms with van der Waals surface area (Å²) in [5, 5.41) is 15.5. The summed E-state index contributed by atoms with van der Waals surface area (Å²) >= 11 is 6.14. The number of anilines is 1. The van der Waals surface area contributed by atoms with Crippen molar-refractivity contribution in [1.29, 1.82) is 0 Å². The molecule has 1 aliphatic carbocycles. The number of rotatable bonds is 2. The summed E-state index contributed by atoms with van der Waals surface area (Å²) < 4.78 is 0. The summed E-state index contributed by atoms with van der Waals surface area (Å²) in [6.07, 6.45) is 5.30. The van der Waals surface area contributed by atoms with E-state index in [-0.39, 0.29) is 22.6 Å². The summed E-state index contributed by atoms with van der Waals surface area (Å²) in [5.41, 5.74) is 2.85. The van der Waals surface area contributed by atoms with Gasteiger partial charge in [0.25, 0.3) is 5.69 Å². The van der Waals surface area contributed by atoms with Crippen LogP contribution in [-0.2, 0) is 0 Å². The van der Waals surface area contributed by atoms with Crippen LogP contribution in [0.1, 0.15) is 29.5 Å². The molecule has 23 heavy (non-hydrogen) atoms. The van der Waals surface area contributed by atoms with E-state index in [0.717, 1.165) is 17.5 Å². The van der Waals surface area contributed by atoms with E-state index >= 15 is 0 Å². The minimum atomic E-state index is -0.320. The highest BCUT2D eigenvalue weighted by Gasteiger charge is 2.40. The van der Waals surface area contributed by atoms with Gasteiger partial charge in [-0.15, -0.1) is 0 Å². The van der Waals surface area contributed by atoms with Gasteiger partial charge in [-0.25, -0.2) is 0 Å². The average Bonchev–Trinajstić information content (AvgIpc) is 3.03. The summed E-state index contributed by atoms with van der Waals surface area (Å²) in [5.74, 6) is 0.554. The Hall–Kier alpha value is -2.33. The molecule has 2 aliphatic rings. The molecule has 116 valence electrons. The zero-order valence-corrected chi connectivity index (χ0v) is 13.0. The second-order valence-corrected chi connectivity index (χ2v) is 6.47. The first kappa shape index (κ1) is 14.3. The van der Waals surface area contributed by atoms with Gasteiger partial charge in [0, 0.05) is 17.0 Å². The Morgan fingerprint density at radius 3 is 2.83 bits per heavy atom. The number of allylic oxidation sites excluding steroid dienone is 2. The van der Waals surface area contributed by atoms with Crippen molar-refractivity contribution in [2.75, 3.05) is 5.32 Å². The molecule has 0 fully saturated rings. The van der Waals surface area contributed by atoms with Crippen LogP contribution in [0, 0.1) is 16.0 Å². The van der Waals surface area contributed by atoms with Crippen LogP contribution in [0.25, 0.3) is 0 Å². The van der Waals surface area contributed by atoms with E-state index < -0.39 is 0 Å². The number of nitrogens with zero attached hydrogens (tertiary/aromatic N) is 1. The first-order valence-electron chi connectivity index (χ1n) is 7.61. The topological polar surface area (TPSA) is 55.2 Å². The van der Waals surface area contributed by atoms with Crippen LogP contribution in [0.15, 0.2) is 54.6 Å². The molecule has 0 unspecified atom stereocenters. The quantitative estimate of drug-likeness (QED) is 0.476. The van der Waals surface area contributed by atoms with E-state index in [4.69, 9.17) is 11.6 Å². The van der Waals surface area contributed by atoms with Gasteiger partial charge in [-0.05, 0) is 35.6 Å². The molecule has 2 aromatic rings. The molecular weight excluding hydrogens is 312 g/mol. The molecule has 0 bridgehead atoms. The molecule has 1 aliphatic heterocycles. The van der Waals surface area contributed by atoms with E-state index in [1.807, 2.05) is 30.3 Å². The normalized spacial score (nSPS) is 24.7. The number of hydrogen-bond donors (Lipinski definition) is 1. The molecule has 0 saturated heterocycles. The van der Waals surface area contributed by atoms with E-state index in [1.165, 1.54) is 0 Å². The van der Waals surface area contributed by atoms with Gasteiger partial charge in [0.2, 0.25) is 0 Å². The summed E-state index contributed by atoms with van der Waals surface area (Å²) in [7, 11) is 0. The number of benzene rings is 2. The highest BCUT2D eigenvalue weighted by molar-refractivity contribution is 6.30. The molecule has 0 radical (unpaired) electrons. The fourth-order valence-corrected chi connectivity index (χ4v) is 3.99. The zero-order chi connectivity index (χ0) is 16.0. The number of nitrogens with one attached hydrogen (secondary N) is 1. The Kier molecular flexibility index (Phi) is 3.34. The van der Waals surface area contributed by atoms with E-state index in [2.05, 4.69) is 17.5 Å². The lowest BCUT2D eigenvalue weighted by Gasteiger charge is -2.37. The van der Waals surface area contributed by atoms with Gasteiger partial charge in [-0.2, -0.15) is 0 Å². The maximum Gasteiger partial charge on any atom is 0.292 e. The number of nitro benzene ring substituents is 1. The standard InChI is InChI=1S/C18H15ClN2O2/c19-12-5-1-4-11(10-12)17-14-7-2-6-13(14)15-8-3-9-16(21(22)23)18(15)20-17/h1-6,8-10,13-14,17,20H,7H2/t13-,14-,17+/m0/s1. The number of nitro groups is 1. The van der Waals surface area contributed by atoms with Crippen LogP contribution in [-0.4, -0.2) is 4.92 Å². The van der Waals surface area contributed by atoms with Gasteiger partial charge in [-0.3, -0.25) is 10.1 Å². The SMILES string of the molecule is O=[N+]([O-])c1cccc2c1N[C@H](c1cccc(Cl)c1)[C@H]1CC=C[C@H]21. The fraction of sp³-hybridized carbons (Fsp3) is 0.222. The molecule has 1 heterocycles. The molecule has 4 nitrogen and oxygen atoms in total. The second-order valence-electron chi connectivity index (χ2n) is 6.03. The Balaban J connectivity index is 1.85. The molecule has 5 heteroatoms. The minimum Gasteiger partial charge on any atom is -0.372 e. The maximum absolute atomic E-state index is 11.4. The van der Waals surface area contributed by atoms with Crippen LogP contribution in [0.2, 0.25) is 5.02 Å². The van der Waals surface area contributed by atoms with Crippen LogP contribution < -0.4 is 5.32 Å². The maximum atomic E-state index is 11.4. The van der Waals surface area contributed by atoms with Crippen LogP contribution in [0.3, 0.4) is 0 Å². The highest BCUT2D eigenvalue weighted by Crippen LogP contribution is 2.52. The van der Waals surface area contributed by atoms with E-state index in [1.54, 1.807) is 12.1 Å². The Bertz CT molecular complexity index is 818. The van der Waals surface area contributed by atoms with Gasteiger partial charge in [0.05, 0.1) is 11.0 Å². The summed E-state index contributed by atoms with van der Waals surface area (Å²) in [6, 6.07) is 13.0. The lowest BCUT2D eigenvalue weighted by Crippen LogP contribution is -2.29. The Morgan fingerprint density at radius 2 is 2.04 bits per heavy atom. The average molecular weight is 327 g/mol. The third-order valence-electron chi connectivity index (χ3n) is 4.78. The fourth-order valence-electron chi connectivity index (χ4n) is 3.79. The highest BCUT2D eigenvalue weighted by atomic mass is 35.5. The molecule has 1 N–H and O–H groups in total. The smallest absolute Gasteiger partial charge is 0.292 e. The molecule has 0 aromatic heterocycles. The molecular formula is C18H15ClN2O2. The van der Waals surface area contributed by atoms with Gasteiger partial charge in [-0.1, -0.05) is 48.0 Å². The van der Waals surface area contributed by atoms with Gasteiger partial charge in [0.15, 0.2) is 0 Å². The Morgan fingerprint density at radius 1 is 1.22 bits per heavy atom. The zero-order valence-electron chi connectivity index (χ0n) is 12.3. The first-order chi connectivity index (χ1) is 11.1. The monoisotopic (exact) mass is 326 g/mol. The second kappa shape index (κ2) is 5.39. The van der Waals surface area contributed by atoms with Crippen LogP contribution >= 0.6 is 11.6 Å². The number of fused-ring (bicyclic) bond motifs is 3. The van der Waals surface area contributed by atoms with Crippen LogP contribution in [0.4, 0.5) is 11.4 Å². The summed E-state index contributed by atoms with van der Waals surface area (Å²) in [6.45, 7) is 0.